The van der Waals surface area contributed by atoms with Gasteiger partial charge in [-0.2, -0.15) is 4.37 Å². The average Bonchev–Trinajstić information content (AvgIpc) is 2.83. The third-order valence-electron chi connectivity index (χ3n) is 3.87. The van der Waals surface area contributed by atoms with Crippen molar-refractivity contribution < 1.29 is 4.79 Å². The molecule has 1 aliphatic rings. The third kappa shape index (κ3) is 3.62. The molecule has 22 heavy (non-hydrogen) atoms. The van der Waals surface area contributed by atoms with Crippen molar-refractivity contribution in [2.24, 2.45) is 0 Å². The van der Waals surface area contributed by atoms with Gasteiger partial charge in [0.15, 0.2) is 0 Å². The van der Waals surface area contributed by atoms with E-state index in [-0.39, 0.29) is 5.91 Å². The summed E-state index contributed by atoms with van der Waals surface area (Å²) in [6.07, 6.45) is 1.75. The van der Waals surface area contributed by atoms with Gasteiger partial charge in [0.2, 0.25) is 11.0 Å². The van der Waals surface area contributed by atoms with Crippen LogP contribution in [0.2, 0.25) is 0 Å². The molecule has 5 nitrogen and oxygen atoms in total. The number of carbonyl (C=O) groups excluding carboxylic acids is 1. The summed E-state index contributed by atoms with van der Waals surface area (Å²) in [6.45, 7) is 5.01. The molecular weight excluding hydrogens is 296 g/mol. The summed E-state index contributed by atoms with van der Waals surface area (Å²) in [5.74, 6) is 1.03. The average molecular weight is 316 g/mol. The molecule has 0 saturated carbocycles. The molecule has 3 rings (SSSR count). The lowest BCUT2D eigenvalue weighted by atomic mass is 10.1. The maximum absolute atomic E-state index is 11.5. The van der Waals surface area contributed by atoms with Gasteiger partial charge in [0.1, 0.15) is 5.82 Å². The van der Waals surface area contributed by atoms with Crippen molar-refractivity contribution in [3.63, 3.8) is 0 Å². The molecule has 0 aliphatic carbocycles. The van der Waals surface area contributed by atoms with Crippen molar-refractivity contribution >= 4 is 22.6 Å². The quantitative estimate of drug-likeness (QED) is 0.871. The Hall–Kier alpha value is -1.95. The molecule has 0 bridgehead atoms. The van der Waals surface area contributed by atoms with E-state index in [4.69, 9.17) is 0 Å². The second kappa shape index (κ2) is 6.87. The second-order valence-electron chi connectivity index (χ2n) is 5.50. The lowest BCUT2D eigenvalue weighted by Gasteiger charge is -2.20. The van der Waals surface area contributed by atoms with Crippen LogP contribution in [0, 0.1) is 0 Å². The van der Waals surface area contributed by atoms with Crippen molar-refractivity contribution in [3.8, 4) is 0 Å². The molecule has 1 aromatic heterocycles. The number of anilines is 1. The van der Waals surface area contributed by atoms with Crippen LogP contribution in [0.1, 0.15) is 24.7 Å². The summed E-state index contributed by atoms with van der Waals surface area (Å²) in [5, 5.41) is 0.969. The molecule has 1 aromatic carbocycles. The minimum Gasteiger partial charge on any atom is -0.345 e. The zero-order chi connectivity index (χ0) is 15.4. The minimum atomic E-state index is 0.156. The number of benzene rings is 1. The Balaban J connectivity index is 1.65. The van der Waals surface area contributed by atoms with E-state index in [2.05, 4.69) is 26.4 Å². The summed E-state index contributed by atoms with van der Waals surface area (Å²) in [5.41, 5.74) is 1.23. The fourth-order valence-corrected chi connectivity index (χ4v) is 3.38. The van der Waals surface area contributed by atoms with Crippen molar-refractivity contribution in [1.29, 1.82) is 0 Å². The van der Waals surface area contributed by atoms with E-state index in [0.29, 0.717) is 0 Å². The fourth-order valence-electron chi connectivity index (χ4n) is 2.65. The first-order chi connectivity index (χ1) is 10.7. The van der Waals surface area contributed by atoms with Crippen LogP contribution in [0.15, 0.2) is 30.3 Å². The Labute approximate surface area is 134 Å². The molecule has 0 spiro atoms. The van der Waals surface area contributed by atoms with Crippen LogP contribution in [0.3, 0.4) is 0 Å². The molecule has 116 valence electrons. The first-order valence-electron chi connectivity index (χ1n) is 7.59. The van der Waals surface area contributed by atoms with Crippen LogP contribution in [0.4, 0.5) is 5.13 Å². The van der Waals surface area contributed by atoms with Crippen molar-refractivity contribution in [2.45, 2.75) is 19.8 Å². The van der Waals surface area contributed by atoms with Crippen LogP contribution in [0.25, 0.3) is 0 Å². The van der Waals surface area contributed by atoms with Crippen LogP contribution in [-0.4, -0.2) is 46.3 Å². The summed E-state index contributed by atoms with van der Waals surface area (Å²) in [7, 11) is 0. The first-order valence-corrected chi connectivity index (χ1v) is 8.36. The Morgan fingerprint density at radius 2 is 2.00 bits per heavy atom. The number of hydrogen-bond acceptors (Lipinski definition) is 5. The van der Waals surface area contributed by atoms with E-state index in [1.54, 1.807) is 6.92 Å². The third-order valence-corrected chi connectivity index (χ3v) is 4.69. The molecule has 1 amide bonds. The monoisotopic (exact) mass is 316 g/mol. The molecule has 0 unspecified atom stereocenters. The molecule has 6 heteroatoms. The summed E-state index contributed by atoms with van der Waals surface area (Å²) in [6, 6.07) is 10.3. The Morgan fingerprint density at radius 3 is 2.77 bits per heavy atom. The van der Waals surface area contributed by atoms with E-state index in [1.807, 2.05) is 23.1 Å². The van der Waals surface area contributed by atoms with E-state index < -0.39 is 0 Å². The molecular formula is C16H20N4OS. The number of carbonyl (C=O) groups is 1. The maximum atomic E-state index is 11.5. The van der Waals surface area contributed by atoms with Crippen LogP contribution in [-0.2, 0) is 11.2 Å². The fraction of sp³-hybridized carbons (Fsp3) is 0.438. The zero-order valence-electron chi connectivity index (χ0n) is 12.7. The lowest BCUT2D eigenvalue weighted by molar-refractivity contribution is -0.128. The second-order valence-corrected chi connectivity index (χ2v) is 6.23. The van der Waals surface area contributed by atoms with Crippen LogP contribution < -0.4 is 4.90 Å². The highest BCUT2D eigenvalue weighted by atomic mass is 32.1. The minimum absolute atomic E-state index is 0.156. The van der Waals surface area contributed by atoms with Gasteiger partial charge < -0.3 is 9.80 Å². The summed E-state index contributed by atoms with van der Waals surface area (Å²) < 4.78 is 4.48. The first kappa shape index (κ1) is 15.0. The SMILES string of the molecule is CC(=O)N1CCCN(c2nc(Cc3ccccc3)ns2)CC1. The number of aromatic nitrogens is 2. The molecule has 2 heterocycles. The lowest BCUT2D eigenvalue weighted by Crippen LogP contribution is -2.33. The van der Waals surface area contributed by atoms with Gasteiger partial charge >= 0.3 is 0 Å². The van der Waals surface area contributed by atoms with Gasteiger partial charge in [0.05, 0.1) is 0 Å². The van der Waals surface area contributed by atoms with Crippen LogP contribution in [0.5, 0.6) is 0 Å². The van der Waals surface area contributed by atoms with Gasteiger partial charge in [-0.15, -0.1) is 0 Å². The largest absolute Gasteiger partial charge is 0.345 e. The van der Waals surface area contributed by atoms with Gasteiger partial charge in [0.25, 0.3) is 0 Å². The topological polar surface area (TPSA) is 49.3 Å². The Bertz CT molecular complexity index is 628. The normalized spacial score (nSPS) is 15.7. The molecule has 1 fully saturated rings. The van der Waals surface area contributed by atoms with E-state index >= 15 is 0 Å². The van der Waals surface area contributed by atoms with Gasteiger partial charge in [-0.3, -0.25) is 4.79 Å². The number of amides is 1. The summed E-state index contributed by atoms with van der Waals surface area (Å²) >= 11 is 1.46. The van der Waals surface area contributed by atoms with Gasteiger partial charge in [0, 0.05) is 51.1 Å². The highest BCUT2D eigenvalue weighted by molar-refractivity contribution is 7.09. The van der Waals surface area contributed by atoms with Crippen LogP contribution >= 0.6 is 11.5 Å². The zero-order valence-corrected chi connectivity index (χ0v) is 13.6. The van der Waals surface area contributed by atoms with Gasteiger partial charge in [-0.05, 0) is 12.0 Å². The molecule has 0 radical (unpaired) electrons. The number of nitrogens with zero attached hydrogens (tertiary/aromatic N) is 4. The molecule has 0 N–H and O–H groups in total. The standard InChI is InChI=1S/C16H20N4OS/c1-13(21)19-8-5-9-20(11-10-19)16-17-15(18-22-16)12-14-6-3-2-4-7-14/h2-4,6-7H,5,8-12H2,1H3. The van der Waals surface area contributed by atoms with Crippen molar-refractivity contribution in [1.82, 2.24) is 14.3 Å². The highest BCUT2D eigenvalue weighted by Gasteiger charge is 2.19. The number of rotatable bonds is 3. The molecule has 2 aromatic rings. The molecule has 1 aliphatic heterocycles. The smallest absolute Gasteiger partial charge is 0.219 e. The van der Waals surface area contributed by atoms with E-state index in [9.17, 15) is 4.79 Å². The van der Waals surface area contributed by atoms with E-state index in [0.717, 1.165) is 50.0 Å². The van der Waals surface area contributed by atoms with Crippen molar-refractivity contribution in [2.75, 3.05) is 31.1 Å². The number of hydrogen-bond donors (Lipinski definition) is 0. The van der Waals surface area contributed by atoms with E-state index in [1.165, 1.54) is 17.1 Å². The molecule has 1 saturated heterocycles. The van der Waals surface area contributed by atoms with Gasteiger partial charge in [-0.1, -0.05) is 30.3 Å². The predicted octanol–water partition coefficient (Wildman–Crippen LogP) is 2.19. The Morgan fingerprint density at radius 1 is 1.18 bits per heavy atom. The van der Waals surface area contributed by atoms with Gasteiger partial charge in [-0.25, -0.2) is 4.98 Å². The molecule has 0 atom stereocenters. The maximum Gasteiger partial charge on any atom is 0.219 e. The summed E-state index contributed by atoms with van der Waals surface area (Å²) in [4.78, 5) is 20.3. The highest BCUT2D eigenvalue weighted by Crippen LogP contribution is 2.20. The van der Waals surface area contributed by atoms with Crippen molar-refractivity contribution in [3.05, 3.63) is 41.7 Å². The predicted molar refractivity (Wildman–Crippen MR) is 88.2 cm³/mol. The Kier molecular flexibility index (Phi) is 4.68.